The van der Waals surface area contributed by atoms with E-state index in [4.69, 9.17) is 5.73 Å². The zero-order valence-corrected chi connectivity index (χ0v) is 10.3. The van der Waals surface area contributed by atoms with Gasteiger partial charge in [-0.25, -0.2) is 4.39 Å². The van der Waals surface area contributed by atoms with Gasteiger partial charge in [-0.2, -0.15) is 0 Å². The number of nitrogens with zero attached hydrogens (tertiary/aromatic N) is 1. The topological polar surface area (TPSA) is 29.3 Å². The second-order valence-electron chi connectivity index (χ2n) is 4.71. The fourth-order valence-corrected chi connectivity index (χ4v) is 2.49. The summed E-state index contributed by atoms with van der Waals surface area (Å²) in [6, 6.07) is 5.15. The first-order valence-electron chi connectivity index (χ1n) is 6.54. The minimum atomic E-state index is -0.141. The molecule has 0 aromatic heterocycles. The number of aryl methyl sites for hydroxylation is 1. The molecular weight excluding hydrogens is 215 g/mol. The van der Waals surface area contributed by atoms with Crippen molar-refractivity contribution < 1.29 is 4.39 Å². The van der Waals surface area contributed by atoms with Crippen LogP contribution < -0.4 is 10.6 Å². The van der Waals surface area contributed by atoms with Crippen LogP contribution in [0.25, 0.3) is 0 Å². The third-order valence-corrected chi connectivity index (χ3v) is 3.39. The smallest absolute Gasteiger partial charge is 0.123 e. The summed E-state index contributed by atoms with van der Waals surface area (Å²) in [7, 11) is 0. The van der Waals surface area contributed by atoms with Gasteiger partial charge in [0.05, 0.1) is 0 Å². The lowest BCUT2D eigenvalue weighted by Crippen LogP contribution is -2.30. The maximum absolute atomic E-state index is 13.3. The number of benzene rings is 1. The number of anilines is 1. The van der Waals surface area contributed by atoms with Gasteiger partial charge in [0.15, 0.2) is 0 Å². The maximum atomic E-state index is 13.3. The third kappa shape index (κ3) is 3.19. The summed E-state index contributed by atoms with van der Waals surface area (Å²) in [5, 5.41) is 0. The minimum Gasteiger partial charge on any atom is -0.371 e. The lowest BCUT2D eigenvalue weighted by molar-refractivity contribution is 0.574. The summed E-state index contributed by atoms with van der Waals surface area (Å²) < 4.78 is 13.3. The van der Waals surface area contributed by atoms with Crippen LogP contribution in [0.5, 0.6) is 0 Å². The summed E-state index contributed by atoms with van der Waals surface area (Å²) in [6.07, 6.45) is 5.60. The van der Waals surface area contributed by atoms with Gasteiger partial charge in [-0.1, -0.05) is 0 Å². The van der Waals surface area contributed by atoms with E-state index in [1.165, 1.54) is 24.9 Å². The predicted octanol–water partition coefficient (Wildman–Crippen LogP) is 2.71. The van der Waals surface area contributed by atoms with Crippen LogP contribution in [0.2, 0.25) is 0 Å². The number of hydrogen-bond acceptors (Lipinski definition) is 2. The Bertz CT molecular complexity index is 359. The lowest BCUT2D eigenvalue weighted by Gasteiger charge is -2.30. The molecule has 1 aromatic carbocycles. The Kier molecular flexibility index (Phi) is 4.37. The van der Waals surface area contributed by atoms with Crippen LogP contribution in [0.4, 0.5) is 10.1 Å². The van der Waals surface area contributed by atoms with E-state index in [9.17, 15) is 4.39 Å². The third-order valence-electron chi connectivity index (χ3n) is 3.39. The highest BCUT2D eigenvalue weighted by Gasteiger charge is 2.14. The van der Waals surface area contributed by atoms with E-state index in [0.717, 1.165) is 31.5 Å². The van der Waals surface area contributed by atoms with Crippen LogP contribution in [-0.2, 0) is 6.42 Å². The molecule has 3 heteroatoms. The SMILES string of the molecule is NCCCc1cc(F)ccc1N1CCCCC1. The van der Waals surface area contributed by atoms with Crippen molar-refractivity contribution in [3.05, 3.63) is 29.6 Å². The average molecular weight is 236 g/mol. The zero-order chi connectivity index (χ0) is 12.1. The summed E-state index contributed by atoms with van der Waals surface area (Å²) in [6.45, 7) is 2.86. The molecule has 1 saturated heterocycles. The second kappa shape index (κ2) is 6.01. The molecule has 17 heavy (non-hydrogen) atoms. The molecular formula is C14H21FN2. The van der Waals surface area contributed by atoms with Crippen molar-refractivity contribution in [3.8, 4) is 0 Å². The van der Waals surface area contributed by atoms with Gasteiger partial charge in [-0.05, 0) is 62.4 Å². The van der Waals surface area contributed by atoms with Gasteiger partial charge in [0.25, 0.3) is 0 Å². The molecule has 1 aromatic rings. The van der Waals surface area contributed by atoms with E-state index in [-0.39, 0.29) is 5.82 Å². The highest BCUT2D eigenvalue weighted by molar-refractivity contribution is 5.54. The number of nitrogens with two attached hydrogens (primary N) is 1. The first-order valence-corrected chi connectivity index (χ1v) is 6.54. The molecule has 0 radical (unpaired) electrons. The molecule has 0 saturated carbocycles. The largest absolute Gasteiger partial charge is 0.371 e. The Balaban J connectivity index is 2.18. The molecule has 94 valence electrons. The molecule has 1 aliphatic rings. The fourth-order valence-electron chi connectivity index (χ4n) is 2.49. The van der Waals surface area contributed by atoms with Gasteiger partial charge in [-0.15, -0.1) is 0 Å². The lowest BCUT2D eigenvalue weighted by atomic mass is 10.0. The number of rotatable bonds is 4. The zero-order valence-electron chi connectivity index (χ0n) is 10.3. The molecule has 2 nitrogen and oxygen atoms in total. The van der Waals surface area contributed by atoms with Crippen LogP contribution in [-0.4, -0.2) is 19.6 Å². The van der Waals surface area contributed by atoms with Gasteiger partial charge in [0, 0.05) is 18.8 Å². The van der Waals surface area contributed by atoms with E-state index in [2.05, 4.69) is 4.90 Å². The Morgan fingerprint density at radius 2 is 1.94 bits per heavy atom. The molecule has 0 bridgehead atoms. The quantitative estimate of drug-likeness (QED) is 0.871. The van der Waals surface area contributed by atoms with E-state index in [1.807, 2.05) is 6.07 Å². The molecule has 0 amide bonds. The normalized spacial score (nSPS) is 16.2. The van der Waals surface area contributed by atoms with Gasteiger partial charge in [0.2, 0.25) is 0 Å². The van der Waals surface area contributed by atoms with Crippen LogP contribution in [0.3, 0.4) is 0 Å². The monoisotopic (exact) mass is 236 g/mol. The summed E-state index contributed by atoms with van der Waals surface area (Å²) in [4.78, 5) is 2.38. The molecule has 0 spiro atoms. The van der Waals surface area contributed by atoms with Gasteiger partial charge in [-0.3, -0.25) is 0 Å². The summed E-state index contributed by atoms with van der Waals surface area (Å²) in [5.74, 6) is -0.141. The predicted molar refractivity (Wildman–Crippen MR) is 69.8 cm³/mol. The molecule has 2 rings (SSSR count). The molecule has 0 aliphatic carbocycles. The van der Waals surface area contributed by atoms with Crippen LogP contribution in [0.1, 0.15) is 31.2 Å². The number of halogens is 1. The average Bonchev–Trinajstić information content (AvgIpc) is 2.37. The first kappa shape index (κ1) is 12.4. The molecule has 1 aliphatic heterocycles. The van der Waals surface area contributed by atoms with Gasteiger partial charge in [0.1, 0.15) is 5.82 Å². The van der Waals surface area contributed by atoms with Gasteiger partial charge < -0.3 is 10.6 Å². The molecule has 1 heterocycles. The van der Waals surface area contributed by atoms with Crippen molar-refractivity contribution in [2.75, 3.05) is 24.5 Å². The molecule has 0 unspecified atom stereocenters. The van der Waals surface area contributed by atoms with Crippen LogP contribution >= 0.6 is 0 Å². The first-order chi connectivity index (χ1) is 8.31. The van der Waals surface area contributed by atoms with Crippen molar-refractivity contribution in [3.63, 3.8) is 0 Å². The summed E-state index contributed by atoms with van der Waals surface area (Å²) in [5.41, 5.74) is 7.85. The fraction of sp³-hybridized carbons (Fsp3) is 0.571. The number of hydrogen-bond donors (Lipinski definition) is 1. The Morgan fingerprint density at radius 3 is 2.65 bits per heavy atom. The van der Waals surface area contributed by atoms with E-state index >= 15 is 0 Å². The highest BCUT2D eigenvalue weighted by atomic mass is 19.1. The molecule has 1 fully saturated rings. The van der Waals surface area contributed by atoms with E-state index in [0.29, 0.717) is 6.54 Å². The van der Waals surface area contributed by atoms with Crippen LogP contribution in [0, 0.1) is 5.82 Å². The van der Waals surface area contributed by atoms with Crippen molar-refractivity contribution >= 4 is 5.69 Å². The summed E-state index contributed by atoms with van der Waals surface area (Å²) >= 11 is 0. The van der Waals surface area contributed by atoms with Crippen molar-refractivity contribution in [2.24, 2.45) is 5.73 Å². The Morgan fingerprint density at radius 1 is 1.18 bits per heavy atom. The molecule has 2 N–H and O–H groups in total. The number of piperidine rings is 1. The van der Waals surface area contributed by atoms with Crippen molar-refractivity contribution in [2.45, 2.75) is 32.1 Å². The van der Waals surface area contributed by atoms with E-state index in [1.54, 1.807) is 12.1 Å². The Hall–Kier alpha value is -1.09. The standard InChI is InChI=1S/C14H21FN2/c15-13-6-7-14(12(11-13)5-4-8-16)17-9-2-1-3-10-17/h6-7,11H,1-5,8-10,16H2. The minimum absolute atomic E-state index is 0.141. The Labute approximate surface area is 103 Å². The van der Waals surface area contributed by atoms with Gasteiger partial charge >= 0.3 is 0 Å². The maximum Gasteiger partial charge on any atom is 0.123 e. The van der Waals surface area contributed by atoms with Crippen molar-refractivity contribution in [1.29, 1.82) is 0 Å². The van der Waals surface area contributed by atoms with E-state index < -0.39 is 0 Å². The molecule has 0 atom stereocenters. The van der Waals surface area contributed by atoms with Crippen LogP contribution in [0.15, 0.2) is 18.2 Å². The second-order valence-corrected chi connectivity index (χ2v) is 4.71. The van der Waals surface area contributed by atoms with Crippen molar-refractivity contribution in [1.82, 2.24) is 0 Å². The highest BCUT2D eigenvalue weighted by Crippen LogP contribution is 2.26.